The summed E-state index contributed by atoms with van der Waals surface area (Å²) < 4.78 is 5.23. The molecule has 2 aromatic rings. The molecule has 4 rings (SSSR count). The van der Waals surface area contributed by atoms with Crippen LogP contribution in [-0.4, -0.2) is 16.0 Å². The number of rotatable bonds is 5. The molecule has 2 fully saturated rings. The first-order valence-electron chi connectivity index (χ1n) is 9.10. The Labute approximate surface area is 148 Å². The van der Waals surface area contributed by atoms with Gasteiger partial charge >= 0.3 is 0 Å². The average Bonchev–Trinajstić information content (AvgIpc) is 3.50. The van der Waals surface area contributed by atoms with E-state index in [1.54, 1.807) is 0 Å². The van der Waals surface area contributed by atoms with E-state index in [1.165, 1.54) is 5.56 Å². The summed E-state index contributed by atoms with van der Waals surface area (Å²) in [7, 11) is 0. The van der Waals surface area contributed by atoms with E-state index < -0.39 is 0 Å². The van der Waals surface area contributed by atoms with Gasteiger partial charge in [0, 0.05) is 5.92 Å². The lowest BCUT2D eigenvalue weighted by Crippen LogP contribution is -2.34. The van der Waals surface area contributed by atoms with Crippen molar-refractivity contribution in [2.75, 3.05) is 0 Å². The average molecular weight is 339 g/mol. The second-order valence-corrected chi connectivity index (χ2v) is 8.41. The van der Waals surface area contributed by atoms with E-state index in [-0.39, 0.29) is 16.7 Å². The van der Waals surface area contributed by atoms with Crippen molar-refractivity contribution in [2.45, 2.75) is 69.7 Å². The Morgan fingerprint density at radius 2 is 1.92 bits per heavy atom. The standard InChI is InChI=1S/C20H25N3O2/c1-19(2,3)14-6-8-15(9-7-14)20(10-11-20)18(24)21-12-16-22-17(23-25-16)13-4-5-13/h6-9,13H,4-5,10-12H2,1-3H3,(H,21,24). The summed E-state index contributed by atoms with van der Waals surface area (Å²) in [6.45, 7) is 6.89. The lowest BCUT2D eigenvalue weighted by molar-refractivity contribution is -0.123. The summed E-state index contributed by atoms with van der Waals surface area (Å²) >= 11 is 0. The molecule has 2 aliphatic rings. The van der Waals surface area contributed by atoms with E-state index in [0.717, 1.165) is 37.1 Å². The summed E-state index contributed by atoms with van der Waals surface area (Å²) in [6, 6.07) is 8.49. The fourth-order valence-electron chi connectivity index (χ4n) is 3.23. The van der Waals surface area contributed by atoms with Gasteiger partial charge in [-0.15, -0.1) is 0 Å². The molecular formula is C20H25N3O2. The molecule has 0 aliphatic heterocycles. The molecule has 0 unspecified atom stereocenters. The first-order valence-corrected chi connectivity index (χ1v) is 9.10. The lowest BCUT2D eigenvalue weighted by atomic mass is 9.85. The SMILES string of the molecule is CC(C)(C)c1ccc(C2(C(=O)NCc3nc(C4CC4)no3)CC2)cc1. The highest BCUT2D eigenvalue weighted by Crippen LogP contribution is 2.48. The van der Waals surface area contributed by atoms with E-state index in [1.807, 2.05) is 0 Å². The molecule has 0 saturated heterocycles. The van der Waals surface area contributed by atoms with E-state index in [2.05, 4.69) is 60.5 Å². The topological polar surface area (TPSA) is 68.0 Å². The van der Waals surface area contributed by atoms with Crippen LogP contribution in [0.2, 0.25) is 0 Å². The minimum Gasteiger partial charge on any atom is -0.346 e. The molecule has 132 valence electrons. The molecule has 0 atom stereocenters. The number of hydrogen-bond acceptors (Lipinski definition) is 4. The minimum atomic E-state index is -0.379. The molecule has 1 amide bonds. The molecule has 5 heteroatoms. The predicted molar refractivity (Wildman–Crippen MR) is 94.2 cm³/mol. The van der Waals surface area contributed by atoms with Gasteiger partial charge in [0.15, 0.2) is 5.82 Å². The van der Waals surface area contributed by atoms with Crippen LogP contribution in [0.25, 0.3) is 0 Å². The highest BCUT2D eigenvalue weighted by molar-refractivity contribution is 5.91. The zero-order valence-corrected chi connectivity index (χ0v) is 15.1. The van der Waals surface area contributed by atoms with Gasteiger partial charge in [0.25, 0.3) is 0 Å². The Morgan fingerprint density at radius 3 is 2.48 bits per heavy atom. The van der Waals surface area contributed by atoms with Crippen LogP contribution in [0.1, 0.15) is 75.2 Å². The number of carbonyl (C=O) groups excluding carboxylic acids is 1. The van der Waals surface area contributed by atoms with Crippen molar-refractivity contribution in [2.24, 2.45) is 0 Å². The third-order valence-electron chi connectivity index (χ3n) is 5.31. The molecular weight excluding hydrogens is 314 g/mol. The minimum absolute atomic E-state index is 0.0576. The first kappa shape index (κ1) is 16.3. The van der Waals surface area contributed by atoms with Crippen LogP contribution in [0, 0.1) is 0 Å². The molecule has 0 radical (unpaired) electrons. The molecule has 1 aromatic carbocycles. The van der Waals surface area contributed by atoms with Gasteiger partial charge in [0.2, 0.25) is 11.8 Å². The van der Waals surface area contributed by atoms with Crippen LogP contribution in [0.5, 0.6) is 0 Å². The highest BCUT2D eigenvalue weighted by Gasteiger charge is 2.51. The van der Waals surface area contributed by atoms with Crippen LogP contribution >= 0.6 is 0 Å². The summed E-state index contributed by atoms with van der Waals surface area (Å²) in [5.74, 6) is 1.80. The molecule has 0 spiro atoms. The van der Waals surface area contributed by atoms with E-state index in [4.69, 9.17) is 4.52 Å². The van der Waals surface area contributed by atoms with Gasteiger partial charge in [-0.25, -0.2) is 0 Å². The number of aromatic nitrogens is 2. The van der Waals surface area contributed by atoms with Gasteiger partial charge < -0.3 is 9.84 Å². The van der Waals surface area contributed by atoms with Crippen molar-refractivity contribution in [3.8, 4) is 0 Å². The van der Waals surface area contributed by atoms with E-state index in [9.17, 15) is 4.79 Å². The number of nitrogens with one attached hydrogen (secondary N) is 1. The number of hydrogen-bond donors (Lipinski definition) is 1. The van der Waals surface area contributed by atoms with E-state index >= 15 is 0 Å². The molecule has 1 aromatic heterocycles. The smallest absolute Gasteiger partial charge is 0.246 e. The molecule has 25 heavy (non-hydrogen) atoms. The van der Waals surface area contributed by atoms with Crippen molar-refractivity contribution in [3.63, 3.8) is 0 Å². The zero-order valence-electron chi connectivity index (χ0n) is 15.1. The predicted octanol–water partition coefficient (Wildman–Crippen LogP) is 3.59. The Hall–Kier alpha value is -2.17. The zero-order chi connectivity index (χ0) is 17.7. The number of amides is 1. The van der Waals surface area contributed by atoms with Gasteiger partial charge in [-0.05, 0) is 42.2 Å². The Kier molecular flexibility index (Phi) is 3.71. The van der Waals surface area contributed by atoms with Crippen molar-refractivity contribution in [3.05, 3.63) is 47.1 Å². The van der Waals surface area contributed by atoms with Gasteiger partial charge in [-0.1, -0.05) is 50.2 Å². The maximum Gasteiger partial charge on any atom is 0.246 e. The summed E-state index contributed by atoms with van der Waals surface area (Å²) in [6.07, 6.45) is 4.06. The summed E-state index contributed by atoms with van der Waals surface area (Å²) in [5.41, 5.74) is 2.12. The van der Waals surface area contributed by atoms with Crippen LogP contribution in [-0.2, 0) is 22.2 Å². The van der Waals surface area contributed by atoms with Crippen LogP contribution in [0.4, 0.5) is 0 Å². The van der Waals surface area contributed by atoms with Gasteiger partial charge in [-0.2, -0.15) is 4.98 Å². The lowest BCUT2D eigenvalue weighted by Gasteiger charge is -2.21. The van der Waals surface area contributed by atoms with Crippen molar-refractivity contribution >= 4 is 5.91 Å². The van der Waals surface area contributed by atoms with Gasteiger partial charge in [0.1, 0.15) is 0 Å². The molecule has 1 heterocycles. The van der Waals surface area contributed by atoms with Crippen molar-refractivity contribution in [1.29, 1.82) is 0 Å². The number of nitrogens with zero attached hydrogens (tertiary/aromatic N) is 2. The fourth-order valence-corrected chi connectivity index (χ4v) is 3.23. The maximum absolute atomic E-state index is 12.7. The molecule has 2 saturated carbocycles. The number of benzene rings is 1. The van der Waals surface area contributed by atoms with E-state index in [0.29, 0.717) is 18.4 Å². The second-order valence-electron chi connectivity index (χ2n) is 8.41. The van der Waals surface area contributed by atoms with Crippen molar-refractivity contribution < 1.29 is 9.32 Å². The molecule has 0 bridgehead atoms. The highest BCUT2D eigenvalue weighted by atomic mass is 16.5. The largest absolute Gasteiger partial charge is 0.346 e. The van der Waals surface area contributed by atoms with Crippen LogP contribution < -0.4 is 5.32 Å². The Bertz CT molecular complexity index is 778. The molecule has 1 N–H and O–H groups in total. The maximum atomic E-state index is 12.7. The van der Waals surface area contributed by atoms with Crippen molar-refractivity contribution in [1.82, 2.24) is 15.5 Å². The second kappa shape index (κ2) is 5.68. The molecule has 2 aliphatic carbocycles. The fraction of sp³-hybridized carbons (Fsp3) is 0.550. The molecule has 5 nitrogen and oxygen atoms in total. The Morgan fingerprint density at radius 1 is 1.24 bits per heavy atom. The normalized spacial score (nSPS) is 18.8. The summed E-state index contributed by atoms with van der Waals surface area (Å²) in [5, 5.41) is 6.97. The van der Waals surface area contributed by atoms with Gasteiger partial charge in [-0.3, -0.25) is 4.79 Å². The summed E-state index contributed by atoms with van der Waals surface area (Å²) in [4.78, 5) is 17.1. The van der Waals surface area contributed by atoms with Gasteiger partial charge in [0.05, 0.1) is 12.0 Å². The van der Waals surface area contributed by atoms with Crippen LogP contribution in [0.15, 0.2) is 28.8 Å². The third kappa shape index (κ3) is 3.20. The Balaban J connectivity index is 1.42. The van der Waals surface area contributed by atoms with Crippen LogP contribution in [0.3, 0.4) is 0 Å². The first-order chi connectivity index (χ1) is 11.9. The number of carbonyl (C=O) groups is 1. The monoisotopic (exact) mass is 339 g/mol. The quantitative estimate of drug-likeness (QED) is 0.904. The third-order valence-corrected chi connectivity index (χ3v) is 5.31.